The summed E-state index contributed by atoms with van der Waals surface area (Å²) in [6.45, 7) is 10.7. The molecule has 0 saturated heterocycles. The molecule has 1 aromatic carbocycles. The second-order valence-electron chi connectivity index (χ2n) is 5.09. The molecule has 0 bridgehead atoms. The number of anilines is 1. The van der Waals surface area contributed by atoms with Crippen molar-refractivity contribution < 1.29 is 4.79 Å². The summed E-state index contributed by atoms with van der Waals surface area (Å²) in [5, 5.41) is 0. The lowest BCUT2D eigenvalue weighted by Gasteiger charge is -2.26. The fourth-order valence-electron chi connectivity index (χ4n) is 1.95. The van der Waals surface area contributed by atoms with E-state index in [1.54, 1.807) is 0 Å². The van der Waals surface area contributed by atoms with Gasteiger partial charge in [0.15, 0.2) is 0 Å². The lowest BCUT2D eigenvalue weighted by atomic mass is 9.95. The highest BCUT2D eigenvalue weighted by molar-refractivity contribution is 5.98. The molecule has 17 heavy (non-hydrogen) atoms. The van der Waals surface area contributed by atoms with E-state index in [1.807, 2.05) is 57.7 Å². The second kappa shape index (κ2) is 5.35. The lowest BCUT2D eigenvalue weighted by Crippen LogP contribution is -2.38. The third-order valence-corrected chi connectivity index (χ3v) is 2.77. The number of nitrogens with zero attached hydrogens (tertiary/aromatic N) is 1. The smallest absolute Gasteiger partial charge is 0.232 e. The topological polar surface area (TPSA) is 20.3 Å². The molecule has 0 atom stereocenters. The quantitative estimate of drug-likeness (QED) is 0.670. The Morgan fingerprint density at radius 2 is 1.76 bits per heavy atom. The molecule has 0 aromatic heterocycles. The van der Waals surface area contributed by atoms with Crippen LogP contribution in [0.15, 0.2) is 24.3 Å². The number of amides is 1. The highest BCUT2D eigenvalue weighted by Gasteiger charge is 2.31. The Morgan fingerprint density at radius 3 is 2.35 bits per heavy atom. The van der Waals surface area contributed by atoms with E-state index in [2.05, 4.69) is 6.07 Å². The Bertz CT molecular complexity index is 390. The van der Waals surface area contributed by atoms with E-state index in [0.29, 0.717) is 0 Å². The molecule has 1 aromatic rings. The fraction of sp³-hybridized carbons (Fsp3) is 0.533. The van der Waals surface area contributed by atoms with Gasteiger partial charge in [-0.05, 0) is 18.1 Å². The van der Waals surface area contributed by atoms with Crippen LogP contribution in [0.4, 0.5) is 5.69 Å². The Labute approximate surface area is 105 Å². The van der Waals surface area contributed by atoms with Gasteiger partial charge in [0, 0.05) is 17.6 Å². The summed E-state index contributed by atoms with van der Waals surface area (Å²) in [7, 11) is 0. The van der Waals surface area contributed by atoms with Crippen molar-refractivity contribution >= 4 is 11.6 Å². The summed E-state index contributed by atoms with van der Waals surface area (Å²) < 4.78 is 0. The first kappa shape index (κ1) is 13.8. The molecule has 0 unspecified atom stereocenters. The SMILES string of the molecule is CC.CC(C)(C)C(=O)N1CCc2ccccc21. The minimum Gasteiger partial charge on any atom is -0.311 e. The second-order valence-corrected chi connectivity index (χ2v) is 5.09. The summed E-state index contributed by atoms with van der Waals surface area (Å²) >= 11 is 0. The van der Waals surface area contributed by atoms with Crippen LogP contribution in [0.25, 0.3) is 0 Å². The lowest BCUT2D eigenvalue weighted by molar-refractivity contribution is -0.125. The Balaban J connectivity index is 0.000000686. The molecule has 1 amide bonds. The van der Waals surface area contributed by atoms with Gasteiger partial charge < -0.3 is 4.90 Å². The summed E-state index contributed by atoms with van der Waals surface area (Å²) in [6, 6.07) is 8.16. The van der Waals surface area contributed by atoms with E-state index < -0.39 is 0 Å². The average molecular weight is 233 g/mol. The first-order valence-corrected chi connectivity index (χ1v) is 6.40. The number of benzene rings is 1. The Morgan fingerprint density at radius 1 is 1.18 bits per heavy atom. The van der Waals surface area contributed by atoms with Crippen molar-refractivity contribution in [2.75, 3.05) is 11.4 Å². The van der Waals surface area contributed by atoms with Gasteiger partial charge in [-0.1, -0.05) is 52.8 Å². The van der Waals surface area contributed by atoms with Gasteiger partial charge in [0.05, 0.1) is 0 Å². The van der Waals surface area contributed by atoms with E-state index in [1.165, 1.54) is 5.56 Å². The van der Waals surface area contributed by atoms with Crippen LogP contribution < -0.4 is 4.90 Å². The van der Waals surface area contributed by atoms with Gasteiger partial charge in [0.2, 0.25) is 5.91 Å². The zero-order chi connectivity index (χ0) is 13.1. The maximum atomic E-state index is 12.2. The third kappa shape index (κ3) is 2.87. The van der Waals surface area contributed by atoms with Crippen LogP contribution in [0.1, 0.15) is 40.2 Å². The number of carbonyl (C=O) groups excluding carboxylic acids is 1. The molecule has 1 aliphatic heterocycles. The van der Waals surface area contributed by atoms with Gasteiger partial charge in [-0.15, -0.1) is 0 Å². The number of para-hydroxylation sites is 1. The van der Waals surface area contributed by atoms with Crippen molar-refractivity contribution in [1.82, 2.24) is 0 Å². The molecule has 2 rings (SSSR count). The molecule has 0 fully saturated rings. The van der Waals surface area contributed by atoms with Crippen LogP contribution >= 0.6 is 0 Å². The zero-order valence-corrected chi connectivity index (χ0v) is 11.6. The van der Waals surface area contributed by atoms with Crippen molar-refractivity contribution in [3.05, 3.63) is 29.8 Å². The standard InChI is InChI=1S/C13H17NO.C2H6/c1-13(2,3)12(15)14-9-8-10-6-4-5-7-11(10)14;1-2/h4-7H,8-9H2,1-3H3;1-2H3. The van der Waals surface area contributed by atoms with Gasteiger partial charge in [-0.25, -0.2) is 0 Å². The van der Waals surface area contributed by atoms with E-state index in [4.69, 9.17) is 0 Å². The van der Waals surface area contributed by atoms with Crippen LogP contribution in [-0.4, -0.2) is 12.5 Å². The zero-order valence-electron chi connectivity index (χ0n) is 11.6. The molecule has 2 nitrogen and oxygen atoms in total. The monoisotopic (exact) mass is 233 g/mol. The first-order valence-electron chi connectivity index (χ1n) is 6.40. The largest absolute Gasteiger partial charge is 0.311 e. The van der Waals surface area contributed by atoms with Gasteiger partial charge in [0.25, 0.3) is 0 Å². The summed E-state index contributed by atoms with van der Waals surface area (Å²) in [5.41, 5.74) is 2.09. The van der Waals surface area contributed by atoms with E-state index >= 15 is 0 Å². The molecule has 0 saturated carbocycles. The molecule has 0 radical (unpaired) electrons. The highest BCUT2D eigenvalue weighted by Crippen LogP contribution is 2.31. The van der Waals surface area contributed by atoms with Crippen LogP contribution in [-0.2, 0) is 11.2 Å². The maximum Gasteiger partial charge on any atom is 0.232 e. The number of carbonyl (C=O) groups is 1. The number of hydrogen-bond donors (Lipinski definition) is 0. The minimum absolute atomic E-state index is 0.215. The molecule has 0 aliphatic carbocycles. The molecule has 1 heterocycles. The van der Waals surface area contributed by atoms with Crippen molar-refractivity contribution in [2.45, 2.75) is 41.0 Å². The van der Waals surface area contributed by atoms with E-state index in [9.17, 15) is 4.79 Å². The molecule has 1 aliphatic rings. The minimum atomic E-state index is -0.294. The maximum absolute atomic E-state index is 12.2. The molecule has 0 N–H and O–H groups in total. The van der Waals surface area contributed by atoms with Gasteiger partial charge in [-0.2, -0.15) is 0 Å². The summed E-state index contributed by atoms with van der Waals surface area (Å²) in [6.07, 6.45) is 0.984. The van der Waals surface area contributed by atoms with Crippen molar-refractivity contribution in [1.29, 1.82) is 0 Å². The van der Waals surface area contributed by atoms with Gasteiger partial charge >= 0.3 is 0 Å². The Kier molecular flexibility index (Phi) is 4.33. The normalized spacial score (nSPS) is 13.8. The first-order chi connectivity index (χ1) is 8.00. The van der Waals surface area contributed by atoms with Crippen LogP contribution in [0.3, 0.4) is 0 Å². The van der Waals surface area contributed by atoms with Crippen molar-refractivity contribution in [3.63, 3.8) is 0 Å². The predicted octanol–water partition coefficient (Wildman–Crippen LogP) is 3.65. The molecule has 2 heteroatoms. The molecular formula is C15H23NO. The molecular weight excluding hydrogens is 210 g/mol. The van der Waals surface area contributed by atoms with Crippen LogP contribution in [0, 0.1) is 5.41 Å². The number of rotatable bonds is 0. The van der Waals surface area contributed by atoms with Crippen molar-refractivity contribution in [2.24, 2.45) is 5.41 Å². The summed E-state index contributed by atoms with van der Waals surface area (Å²) in [4.78, 5) is 14.1. The van der Waals surface area contributed by atoms with E-state index in [0.717, 1.165) is 18.7 Å². The molecule has 94 valence electrons. The Hall–Kier alpha value is -1.31. The number of fused-ring (bicyclic) bond motifs is 1. The van der Waals surface area contributed by atoms with Gasteiger partial charge in [0.1, 0.15) is 0 Å². The average Bonchev–Trinajstić information content (AvgIpc) is 2.73. The van der Waals surface area contributed by atoms with Crippen molar-refractivity contribution in [3.8, 4) is 0 Å². The fourth-order valence-corrected chi connectivity index (χ4v) is 1.95. The van der Waals surface area contributed by atoms with Gasteiger partial charge in [-0.3, -0.25) is 4.79 Å². The van der Waals surface area contributed by atoms with E-state index in [-0.39, 0.29) is 11.3 Å². The van der Waals surface area contributed by atoms with Crippen LogP contribution in [0.5, 0.6) is 0 Å². The number of hydrogen-bond acceptors (Lipinski definition) is 1. The predicted molar refractivity (Wildman–Crippen MR) is 73.3 cm³/mol. The molecule has 0 spiro atoms. The third-order valence-electron chi connectivity index (χ3n) is 2.77. The highest BCUT2D eigenvalue weighted by atomic mass is 16.2. The summed E-state index contributed by atoms with van der Waals surface area (Å²) in [5.74, 6) is 0.215. The van der Waals surface area contributed by atoms with Crippen LogP contribution in [0.2, 0.25) is 0 Å².